The zero-order valence-electron chi connectivity index (χ0n) is 13.7. The van der Waals surface area contributed by atoms with Crippen molar-refractivity contribution in [3.05, 3.63) is 17.5 Å². The molecular weight excluding hydrogens is 310 g/mol. The second-order valence-corrected chi connectivity index (χ2v) is 7.27. The molecule has 1 aromatic heterocycles. The Kier molecular flexibility index (Phi) is 3.83. The van der Waals surface area contributed by atoms with E-state index >= 15 is 0 Å². The third-order valence-corrected chi connectivity index (χ3v) is 5.57. The van der Waals surface area contributed by atoms with Crippen molar-refractivity contribution < 1.29 is 19.2 Å². The summed E-state index contributed by atoms with van der Waals surface area (Å²) in [6.07, 6.45) is 4.64. The first-order chi connectivity index (χ1) is 11.6. The van der Waals surface area contributed by atoms with Crippen LogP contribution in [0.4, 0.5) is 0 Å². The van der Waals surface area contributed by atoms with Crippen molar-refractivity contribution in [2.75, 3.05) is 32.8 Å². The van der Waals surface area contributed by atoms with Crippen molar-refractivity contribution in [2.24, 2.45) is 5.41 Å². The van der Waals surface area contributed by atoms with Gasteiger partial charge in [-0.3, -0.25) is 9.59 Å². The minimum atomic E-state index is -0.484. The molecule has 2 amide bonds. The number of aromatic nitrogens is 1. The Hall–Kier alpha value is -1.89. The van der Waals surface area contributed by atoms with Crippen LogP contribution >= 0.6 is 0 Å². The molecule has 3 fully saturated rings. The van der Waals surface area contributed by atoms with Gasteiger partial charge >= 0.3 is 0 Å². The maximum atomic E-state index is 12.8. The van der Waals surface area contributed by atoms with Gasteiger partial charge in [0.2, 0.25) is 11.7 Å². The van der Waals surface area contributed by atoms with Gasteiger partial charge in [0.1, 0.15) is 0 Å². The molecule has 0 radical (unpaired) electrons. The van der Waals surface area contributed by atoms with Crippen molar-refractivity contribution in [2.45, 2.75) is 38.0 Å². The maximum Gasteiger partial charge on any atom is 0.292 e. The predicted molar refractivity (Wildman–Crippen MR) is 84.3 cm³/mol. The molecule has 3 aliphatic rings. The summed E-state index contributed by atoms with van der Waals surface area (Å²) in [5, 5.41) is 13.1. The van der Waals surface area contributed by atoms with Gasteiger partial charge in [0.25, 0.3) is 5.91 Å². The summed E-state index contributed by atoms with van der Waals surface area (Å²) in [6, 6.07) is 1.76. The highest BCUT2D eigenvalue weighted by Crippen LogP contribution is 2.41. The number of hydrogen-bond donors (Lipinski definition) is 1. The van der Waals surface area contributed by atoms with E-state index in [-0.39, 0.29) is 24.2 Å². The van der Waals surface area contributed by atoms with Gasteiger partial charge in [0, 0.05) is 38.2 Å². The summed E-state index contributed by atoms with van der Waals surface area (Å²) in [6.45, 7) is 2.05. The summed E-state index contributed by atoms with van der Waals surface area (Å²) in [7, 11) is 0. The molecule has 24 heavy (non-hydrogen) atoms. The third-order valence-electron chi connectivity index (χ3n) is 5.57. The molecule has 1 aromatic rings. The van der Waals surface area contributed by atoms with Crippen LogP contribution in [0.3, 0.4) is 0 Å². The van der Waals surface area contributed by atoms with Crippen LogP contribution in [0.2, 0.25) is 0 Å². The topological polar surface area (TPSA) is 86.9 Å². The molecule has 1 N–H and O–H groups in total. The molecule has 1 spiro atoms. The van der Waals surface area contributed by atoms with Gasteiger partial charge < -0.3 is 19.4 Å². The second kappa shape index (κ2) is 5.88. The Labute approximate surface area is 140 Å². The van der Waals surface area contributed by atoms with Gasteiger partial charge in [-0.1, -0.05) is 5.16 Å². The number of aliphatic hydroxyl groups excluding tert-OH is 1. The fourth-order valence-electron chi connectivity index (χ4n) is 4.03. The van der Waals surface area contributed by atoms with Crippen molar-refractivity contribution in [3.63, 3.8) is 0 Å². The van der Waals surface area contributed by atoms with Gasteiger partial charge in [0.05, 0.1) is 17.7 Å². The number of hydrogen-bond acceptors (Lipinski definition) is 5. The highest BCUT2D eigenvalue weighted by molar-refractivity contribution is 5.93. The summed E-state index contributed by atoms with van der Waals surface area (Å²) >= 11 is 0. The Bertz CT molecular complexity index is 652. The number of rotatable bonds is 4. The molecule has 3 heterocycles. The lowest BCUT2D eigenvalue weighted by Crippen LogP contribution is -2.51. The number of β-amino-alcohol motifs (C(OH)–C–C–N with tert-alkyl or cyclic N) is 1. The van der Waals surface area contributed by atoms with Crippen LogP contribution in [0.15, 0.2) is 10.6 Å². The second-order valence-electron chi connectivity index (χ2n) is 7.27. The number of carbonyl (C=O) groups is 2. The first kappa shape index (κ1) is 15.6. The number of aliphatic hydroxyl groups is 1. The SMILES string of the molecule is O=C(c1cc(C2CC2)no1)N1CCC2(CCCN(CCO)C2=O)C1. The molecule has 1 atom stereocenters. The summed E-state index contributed by atoms with van der Waals surface area (Å²) in [4.78, 5) is 28.9. The molecule has 4 rings (SSSR count). The Balaban J connectivity index is 1.46. The van der Waals surface area contributed by atoms with E-state index in [2.05, 4.69) is 5.16 Å². The van der Waals surface area contributed by atoms with Gasteiger partial charge in [-0.2, -0.15) is 0 Å². The molecule has 2 aliphatic heterocycles. The van der Waals surface area contributed by atoms with Gasteiger partial charge in [-0.15, -0.1) is 0 Å². The van der Waals surface area contributed by atoms with Crippen LogP contribution in [-0.4, -0.2) is 64.7 Å². The lowest BCUT2D eigenvalue weighted by Gasteiger charge is -2.39. The zero-order valence-corrected chi connectivity index (χ0v) is 13.7. The van der Waals surface area contributed by atoms with Crippen LogP contribution in [0.1, 0.15) is 54.3 Å². The molecule has 1 aliphatic carbocycles. The fourth-order valence-corrected chi connectivity index (χ4v) is 4.03. The molecule has 2 saturated heterocycles. The smallest absolute Gasteiger partial charge is 0.292 e. The first-order valence-corrected chi connectivity index (χ1v) is 8.79. The minimum Gasteiger partial charge on any atom is -0.395 e. The van der Waals surface area contributed by atoms with Gasteiger partial charge in [-0.25, -0.2) is 0 Å². The standard InChI is InChI=1S/C17H23N3O4/c21-9-8-19-6-1-4-17(16(19)23)5-7-20(11-17)15(22)14-10-13(18-24-14)12-2-3-12/h10,12,21H,1-9,11H2. The Morgan fingerprint density at radius 1 is 1.38 bits per heavy atom. The number of nitrogens with zero attached hydrogens (tertiary/aromatic N) is 3. The minimum absolute atomic E-state index is 0.0214. The Morgan fingerprint density at radius 2 is 2.21 bits per heavy atom. The lowest BCUT2D eigenvalue weighted by molar-refractivity contribution is -0.146. The van der Waals surface area contributed by atoms with Crippen molar-refractivity contribution in [3.8, 4) is 0 Å². The third kappa shape index (κ3) is 2.60. The molecule has 1 unspecified atom stereocenters. The molecule has 7 nitrogen and oxygen atoms in total. The van der Waals surface area contributed by atoms with Crippen LogP contribution in [0.25, 0.3) is 0 Å². The lowest BCUT2D eigenvalue weighted by atomic mass is 9.78. The normalized spacial score (nSPS) is 27.3. The highest BCUT2D eigenvalue weighted by atomic mass is 16.5. The van der Waals surface area contributed by atoms with E-state index in [4.69, 9.17) is 9.63 Å². The van der Waals surface area contributed by atoms with Gasteiger partial charge in [0.15, 0.2) is 0 Å². The zero-order chi connectivity index (χ0) is 16.7. The largest absolute Gasteiger partial charge is 0.395 e. The van der Waals surface area contributed by atoms with E-state index in [1.54, 1.807) is 15.9 Å². The molecular formula is C17H23N3O4. The quantitative estimate of drug-likeness (QED) is 0.888. The predicted octanol–water partition coefficient (Wildman–Crippen LogP) is 0.999. The monoisotopic (exact) mass is 333 g/mol. The summed E-state index contributed by atoms with van der Waals surface area (Å²) in [5.74, 6) is 0.643. The van der Waals surface area contributed by atoms with E-state index in [0.29, 0.717) is 38.5 Å². The van der Waals surface area contributed by atoms with E-state index in [0.717, 1.165) is 31.4 Å². The number of carbonyl (C=O) groups excluding carboxylic acids is 2. The molecule has 7 heteroatoms. The molecule has 1 saturated carbocycles. The van der Waals surface area contributed by atoms with E-state index < -0.39 is 5.41 Å². The average Bonchev–Trinajstić information content (AvgIpc) is 3.16. The van der Waals surface area contributed by atoms with Crippen LogP contribution < -0.4 is 0 Å². The van der Waals surface area contributed by atoms with E-state index in [9.17, 15) is 9.59 Å². The summed E-state index contributed by atoms with van der Waals surface area (Å²) in [5.41, 5.74) is 0.387. The van der Waals surface area contributed by atoms with E-state index in [1.807, 2.05) is 0 Å². The average molecular weight is 333 g/mol. The van der Waals surface area contributed by atoms with Crippen LogP contribution in [0.5, 0.6) is 0 Å². The maximum absolute atomic E-state index is 12.8. The number of piperidine rings is 1. The molecule has 0 aromatic carbocycles. The van der Waals surface area contributed by atoms with Crippen molar-refractivity contribution >= 4 is 11.8 Å². The number of amides is 2. The van der Waals surface area contributed by atoms with Crippen LogP contribution in [0, 0.1) is 5.41 Å². The van der Waals surface area contributed by atoms with Gasteiger partial charge in [-0.05, 0) is 32.1 Å². The summed E-state index contributed by atoms with van der Waals surface area (Å²) < 4.78 is 5.23. The number of likely N-dealkylation sites (tertiary alicyclic amines) is 2. The Morgan fingerprint density at radius 3 is 2.96 bits per heavy atom. The van der Waals surface area contributed by atoms with Crippen LogP contribution in [-0.2, 0) is 4.79 Å². The van der Waals surface area contributed by atoms with E-state index in [1.165, 1.54) is 0 Å². The first-order valence-electron chi connectivity index (χ1n) is 8.79. The molecule has 0 bridgehead atoms. The highest BCUT2D eigenvalue weighted by Gasteiger charge is 2.49. The molecule has 130 valence electrons. The van der Waals surface area contributed by atoms with Crippen molar-refractivity contribution in [1.29, 1.82) is 0 Å². The fraction of sp³-hybridized carbons (Fsp3) is 0.706. The van der Waals surface area contributed by atoms with Crippen molar-refractivity contribution in [1.82, 2.24) is 15.0 Å².